The van der Waals surface area contributed by atoms with Crippen molar-refractivity contribution in [2.45, 2.75) is 30.8 Å². The minimum Gasteiger partial charge on any atom is -0.351 e. The van der Waals surface area contributed by atoms with Crippen molar-refractivity contribution in [3.8, 4) is 0 Å². The highest BCUT2D eigenvalue weighted by molar-refractivity contribution is 7.89. The van der Waals surface area contributed by atoms with E-state index in [1.807, 2.05) is 42.5 Å². The van der Waals surface area contributed by atoms with Crippen LogP contribution in [0.15, 0.2) is 71.6 Å². The van der Waals surface area contributed by atoms with Gasteiger partial charge in [0.25, 0.3) is 0 Å². The molecule has 3 aromatic rings. The predicted octanol–water partition coefficient (Wildman–Crippen LogP) is 3.37. The molecular formula is C25H29N3O3S. The molecule has 1 heterocycles. The Bertz CT molecular complexity index is 1200. The molecule has 0 spiro atoms. The number of benzene rings is 3. The third-order valence-corrected chi connectivity index (χ3v) is 7.78. The number of likely N-dealkylation sites (tertiary alicyclic amines) is 1. The smallest absolute Gasteiger partial charge is 0.243 e. The monoisotopic (exact) mass is 451 g/mol. The predicted molar refractivity (Wildman–Crippen MR) is 127 cm³/mol. The van der Waals surface area contributed by atoms with Crippen molar-refractivity contribution < 1.29 is 13.2 Å². The molecular weight excluding hydrogens is 422 g/mol. The molecule has 1 fully saturated rings. The molecule has 168 valence electrons. The average molecular weight is 452 g/mol. The molecule has 0 bridgehead atoms. The first kappa shape index (κ1) is 22.5. The zero-order valence-electron chi connectivity index (χ0n) is 18.3. The fourth-order valence-corrected chi connectivity index (χ4v) is 5.27. The number of fused-ring (bicyclic) bond motifs is 1. The Morgan fingerprint density at radius 2 is 1.59 bits per heavy atom. The van der Waals surface area contributed by atoms with Gasteiger partial charge in [0.1, 0.15) is 0 Å². The SMILES string of the molecule is CN(CC(=O)NCc1ccccc1CN1CCCC1)S(=O)(=O)c1ccc2ccccc2c1. The van der Waals surface area contributed by atoms with E-state index in [0.29, 0.717) is 6.54 Å². The molecule has 0 radical (unpaired) electrons. The summed E-state index contributed by atoms with van der Waals surface area (Å²) in [6.07, 6.45) is 2.47. The summed E-state index contributed by atoms with van der Waals surface area (Å²) in [5, 5.41) is 4.70. The fourth-order valence-electron chi connectivity index (χ4n) is 4.11. The summed E-state index contributed by atoms with van der Waals surface area (Å²) in [6.45, 7) is 3.24. The number of carbonyl (C=O) groups is 1. The maximum absolute atomic E-state index is 13.0. The summed E-state index contributed by atoms with van der Waals surface area (Å²) >= 11 is 0. The Labute approximate surface area is 189 Å². The van der Waals surface area contributed by atoms with Gasteiger partial charge in [0.15, 0.2) is 0 Å². The molecule has 6 nitrogen and oxygen atoms in total. The molecule has 3 aromatic carbocycles. The number of sulfonamides is 1. The first-order chi connectivity index (χ1) is 15.4. The van der Waals surface area contributed by atoms with E-state index < -0.39 is 10.0 Å². The maximum atomic E-state index is 13.0. The molecule has 32 heavy (non-hydrogen) atoms. The molecule has 1 amide bonds. The normalized spacial score (nSPS) is 14.8. The van der Waals surface area contributed by atoms with E-state index in [4.69, 9.17) is 0 Å². The second kappa shape index (κ2) is 9.81. The van der Waals surface area contributed by atoms with Gasteiger partial charge in [-0.15, -0.1) is 0 Å². The minimum atomic E-state index is -3.77. The second-order valence-corrected chi connectivity index (χ2v) is 10.3. The van der Waals surface area contributed by atoms with Crippen molar-refractivity contribution in [1.29, 1.82) is 0 Å². The Hall–Kier alpha value is -2.74. The highest BCUT2D eigenvalue weighted by atomic mass is 32.2. The Balaban J connectivity index is 1.38. The molecule has 7 heteroatoms. The molecule has 0 atom stereocenters. The van der Waals surface area contributed by atoms with E-state index >= 15 is 0 Å². The maximum Gasteiger partial charge on any atom is 0.243 e. The largest absolute Gasteiger partial charge is 0.351 e. The lowest BCUT2D eigenvalue weighted by Crippen LogP contribution is -2.38. The van der Waals surface area contributed by atoms with E-state index in [9.17, 15) is 13.2 Å². The first-order valence-electron chi connectivity index (χ1n) is 10.9. The van der Waals surface area contributed by atoms with Crippen LogP contribution >= 0.6 is 0 Å². The van der Waals surface area contributed by atoms with E-state index in [0.717, 1.165) is 40.3 Å². The van der Waals surface area contributed by atoms with Crippen LogP contribution in [0.25, 0.3) is 10.8 Å². The summed E-state index contributed by atoms with van der Waals surface area (Å²) in [5.74, 6) is -0.326. The minimum absolute atomic E-state index is 0.183. The molecule has 0 aliphatic carbocycles. The van der Waals surface area contributed by atoms with E-state index in [1.54, 1.807) is 18.2 Å². The molecule has 0 saturated carbocycles. The fraction of sp³-hybridized carbons (Fsp3) is 0.320. The van der Waals surface area contributed by atoms with Gasteiger partial charge in [0, 0.05) is 20.1 Å². The Morgan fingerprint density at radius 3 is 2.34 bits per heavy atom. The number of carbonyl (C=O) groups excluding carboxylic acids is 1. The number of rotatable bonds is 8. The van der Waals surface area contributed by atoms with Gasteiger partial charge >= 0.3 is 0 Å². The standard InChI is InChI=1S/C25H29N3O3S/c1-27(32(30,31)24-13-12-20-8-2-3-9-21(20)16-24)19-25(29)26-17-22-10-4-5-11-23(22)18-28-14-6-7-15-28/h2-5,8-13,16H,6-7,14-15,17-19H2,1H3,(H,26,29). The van der Waals surface area contributed by atoms with E-state index in [1.165, 1.54) is 25.5 Å². The van der Waals surface area contributed by atoms with Gasteiger partial charge in [-0.05, 0) is 60.0 Å². The third kappa shape index (κ3) is 5.18. The number of amides is 1. The van der Waals surface area contributed by atoms with Crippen LogP contribution in [0.5, 0.6) is 0 Å². The van der Waals surface area contributed by atoms with E-state index in [-0.39, 0.29) is 17.3 Å². The quantitative estimate of drug-likeness (QED) is 0.570. The summed E-state index contributed by atoms with van der Waals surface area (Å²) in [4.78, 5) is 15.1. The molecule has 1 aliphatic rings. The second-order valence-electron chi connectivity index (χ2n) is 8.30. The Morgan fingerprint density at radius 1 is 0.938 bits per heavy atom. The summed E-state index contributed by atoms with van der Waals surface area (Å²) in [5.41, 5.74) is 2.26. The van der Waals surface area contributed by atoms with Gasteiger partial charge < -0.3 is 5.32 Å². The van der Waals surface area contributed by atoms with E-state index in [2.05, 4.69) is 16.3 Å². The summed E-state index contributed by atoms with van der Waals surface area (Å²) in [6, 6.07) is 20.7. The van der Waals surface area contributed by atoms with Crippen molar-refractivity contribution in [3.05, 3.63) is 77.9 Å². The highest BCUT2D eigenvalue weighted by Gasteiger charge is 2.23. The highest BCUT2D eigenvalue weighted by Crippen LogP contribution is 2.21. The van der Waals surface area contributed by atoms with Crippen LogP contribution in [0.2, 0.25) is 0 Å². The summed E-state index contributed by atoms with van der Waals surface area (Å²) in [7, 11) is -2.33. The van der Waals surface area contributed by atoms with Crippen LogP contribution in [0, 0.1) is 0 Å². The van der Waals surface area contributed by atoms with Gasteiger partial charge in [-0.3, -0.25) is 9.69 Å². The van der Waals surface area contributed by atoms with Crippen molar-refractivity contribution in [2.24, 2.45) is 0 Å². The van der Waals surface area contributed by atoms with Gasteiger partial charge in [-0.25, -0.2) is 8.42 Å². The zero-order chi connectivity index (χ0) is 22.6. The van der Waals surface area contributed by atoms with Crippen molar-refractivity contribution in [3.63, 3.8) is 0 Å². The summed E-state index contributed by atoms with van der Waals surface area (Å²) < 4.78 is 27.0. The van der Waals surface area contributed by atoms with Crippen molar-refractivity contribution in [2.75, 3.05) is 26.7 Å². The van der Waals surface area contributed by atoms with Crippen LogP contribution in [0.3, 0.4) is 0 Å². The lowest BCUT2D eigenvalue weighted by molar-refractivity contribution is -0.121. The number of likely N-dealkylation sites (N-methyl/N-ethyl adjacent to an activating group) is 1. The molecule has 1 saturated heterocycles. The van der Waals surface area contributed by atoms with Crippen LogP contribution in [-0.4, -0.2) is 50.2 Å². The van der Waals surface area contributed by atoms with Crippen molar-refractivity contribution >= 4 is 26.7 Å². The lowest BCUT2D eigenvalue weighted by Gasteiger charge is -2.19. The first-order valence-corrected chi connectivity index (χ1v) is 12.4. The Kier molecular flexibility index (Phi) is 6.89. The molecule has 0 aromatic heterocycles. The molecule has 0 unspecified atom stereocenters. The van der Waals surface area contributed by atoms with Crippen LogP contribution in [-0.2, 0) is 27.9 Å². The van der Waals surface area contributed by atoms with Gasteiger partial charge in [-0.2, -0.15) is 4.31 Å². The van der Waals surface area contributed by atoms with Crippen LogP contribution in [0.4, 0.5) is 0 Å². The van der Waals surface area contributed by atoms with Crippen molar-refractivity contribution in [1.82, 2.24) is 14.5 Å². The molecule has 1 N–H and O–H groups in total. The third-order valence-electron chi connectivity index (χ3n) is 5.98. The van der Waals surface area contributed by atoms with Gasteiger partial charge in [0.05, 0.1) is 11.4 Å². The number of hydrogen-bond acceptors (Lipinski definition) is 4. The average Bonchev–Trinajstić information content (AvgIpc) is 3.31. The zero-order valence-corrected chi connectivity index (χ0v) is 19.1. The lowest BCUT2D eigenvalue weighted by atomic mass is 10.1. The topological polar surface area (TPSA) is 69.7 Å². The molecule has 1 aliphatic heterocycles. The number of nitrogens with one attached hydrogen (secondary N) is 1. The molecule has 4 rings (SSSR count). The number of nitrogens with zero attached hydrogens (tertiary/aromatic N) is 2. The van der Waals surface area contributed by atoms with Gasteiger partial charge in [-0.1, -0.05) is 54.6 Å². The van der Waals surface area contributed by atoms with Crippen LogP contribution in [0.1, 0.15) is 24.0 Å². The number of hydrogen-bond donors (Lipinski definition) is 1. The van der Waals surface area contributed by atoms with Gasteiger partial charge in [0.2, 0.25) is 15.9 Å². The van der Waals surface area contributed by atoms with Crippen LogP contribution < -0.4 is 5.32 Å².